The first-order valence-electron chi connectivity index (χ1n) is 12.6. The van der Waals surface area contributed by atoms with Crippen molar-refractivity contribution in [1.29, 1.82) is 0 Å². The Kier molecular flexibility index (Phi) is 7.58. The highest BCUT2D eigenvalue weighted by Crippen LogP contribution is 2.36. The van der Waals surface area contributed by atoms with Crippen LogP contribution in [-0.4, -0.2) is 46.3 Å². The number of benzene rings is 3. The van der Waals surface area contributed by atoms with Crippen LogP contribution in [0.25, 0.3) is 5.69 Å². The van der Waals surface area contributed by atoms with Crippen LogP contribution in [0.15, 0.2) is 89.9 Å². The molecule has 0 radical (unpaired) electrons. The number of hydrogen-bond acceptors (Lipinski definition) is 4. The molecule has 0 bridgehead atoms. The number of amides is 4. The van der Waals surface area contributed by atoms with E-state index in [1.54, 1.807) is 68.7 Å². The minimum Gasteiger partial charge on any atom is -0.345 e. The van der Waals surface area contributed by atoms with Gasteiger partial charge in [0.25, 0.3) is 17.4 Å². The fourth-order valence-corrected chi connectivity index (χ4v) is 4.75. The molecule has 208 valence electrons. The number of nitrogens with one attached hydrogen (secondary N) is 2. The molecule has 1 aromatic heterocycles. The van der Waals surface area contributed by atoms with E-state index in [0.29, 0.717) is 27.4 Å². The molecule has 11 heteroatoms. The molecule has 1 aliphatic rings. The molecule has 2 N–H and O–H groups in total. The quantitative estimate of drug-likeness (QED) is 0.348. The van der Waals surface area contributed by atoms with E-state index < -0.39 is 23.8 Å². The average molecular weight is 574 g/mol. The van der Waals surface area contributed by atoms with Crippen LogP contribution < -0.4 is 16.2 Å². The van der Waals surface area contributed by atoms with Gasteiger partial charge in [0.05, 0.1) is 11.4 Å². The molecule has 41 heavy (non-hydrogen) atoms. The van der Waals surface area contributed by atoms with Gasteiger partial charge >= 0.3 is 6.03 Å². The molecule has 0 saturated carbocycles. The Labute approximate surface area is 239 Å². The highest BCUT2D eigenvalue weighted by Gasteiger charge is 2.39. The van der Waals surface area contributed by atoms with Crippen molar-refractivity contribution in [2.75, 3.05) is 24.7 Å². The van der Waals surface area contributed by atoms with Crippen LogP contribution in [0.1, 0.15) is 27.5 Å². The second-order valence-electron chi connectivity index (χ2n) is 9.64. The fourth-order valence-electron chi connectivity index (χ4n) is 4.62. The summed E-state index contributed by atoms with van der Waals surface area (Å²) in [5.41, 5.74) is 1.76. The third-order valence-electron chi connectivity index (χ3n) is 6.66. The number of rotatable bonds is 5. The van der Waals surface area contributed by atoms with Gasteiger partial charge < -0.3 is 20.4 Å². The summed E-state index contributed by atoms with van der Waals surface area (Å²) in [7, 11) is 3.23. The first kappa shape index (κ1) is 27.6. The summed E-state index contributed by atoms with van der Waals surface area (Å²) in [6.45, 7) is 0.0849. The van der Waals surface area contributed by atoms with E-state index in [0.717, 1.165) is 6.07 Å². The Morgan fingerprint density at radius 1 is 0.951 bits per heavy atom. The van der Waals surface area contributed by atoms with Crippen LogP contribution >= 0.6 is 11.6 Å². The van der Waals surface area contributed by atoms with Gasteiger partial charge in [-0.3, -0.25) is 19.0 Å². The van der Waals surface area contributed by atoms with Gasteiger partial charge in [0, 0.05) is 55.2 Å². The third-order valence-corrected chi connectivity index (χ3v) is 6.91. The molecule has 2 heterocycles. The number of anilines is 2. The van der Waals surface area contributed by atoms with Gasteiger partial charge in [-0.2, -0.15) is 0 Å². The Morgan fingerprint density at radius 2 is 1.71 bits per heavy atom. The molecule has 5 rings (SSSR count). The number of halogens is 2. The van der Waals surface area contributed by atoms with Crippen LogP contribution in [-0.2, 0) is 11.3 Å². The normalized spacial score (nSPS) is 13.9. The molecule has 3 aromatic carbocycles. The number of pyridine rings is 1. The van der Waals surface area contributed by atoms with E-state index in [4.69, 9.17) is 11.6 Å². The molecule has 0 aliphatic carbocycles. The van der Waals surface area contributed by atoms with E-state index in [1.807, 2.05) is 0 Å². The predicted molar refractivity (Wildman–Crippen MR) is 154 cm³/mol. The number of hydrogen-bond donors (Lipinski definition) is 2. The van der Waals surface area contributed by atoms with Gasteiger partial charge in [0.2, 0.25) is 0 Å². The van der Waals surface area contributed by atoms with Crippen LogP contribution in [0.3, 0.4) is 0 Å². The maximum absolute atomic E-state index is 15.2. The van der Waals surface area contributed by atoms with Crippen molar-refractivity contribution >= 4 is 40.8 Å². The summed E-state index contributed by atoms with van der Waals surface area (Å²) in [5, 5.41) is 5.83. The SMILES string of the molecule is CN(C)C(=O)c1ccc2c(c1)C(C(=O)Nc1ccc(-n3ccccc3=O)cc1F)N(C(=O)Nc1ccc(Cl)cc1)C2. The molecule has 1 aliphatic heterocycles. The summed E-state index contributed by atoms with van der Waals surface area (Å²) in [6.07, 6.45) is 1.51. The van der Waals surface area contributed by atoms with Crippen molar-refractivity contribution in [3.8, 4) is 5.69 Å². The smallest absolute Gasteiger partial charge is 0.323 e. The lowest BCUT2D eigenvalue weighted by Crippen LogP contribution is -2.39. The number of carbonyl (C=O) groups is 3. The van der Waals surface area contributed by atoms with E-state index in [2.05, 4.69) is 10.6 Å². The first-order chi connectivity index (χ1) is 19.6. The molecule has 4 aromatic rings. The predicted octanol–water partition coefficient (Wildman–Crippen LogP) is 5.06. The summed E-state index contributed by atoms with van der Waals surface area (Å²) >= 11 is 5.95. The highest BCUT2D eigenvalue weighted by atomic mass is 35.5. The number of aromatic nitrogens is 1. The van der Waals surface area contributed by atoms with Gasteiger partial charge in [-0.1, -0.05) is 23.7 Å². The van der Waals surface area contributed by atoms with Crippen molar-refractivity contribution < 1.29 is 18.8 Å². The molecular formula is C30H25ClFN5O4. The van der Waals surface area contributed by atoms with E-state index in [9.17, 15) is 19.2 Å². The van der Waals surface area contributed by atoms with Crippen LogP contribution in [0, 0.1) is 5.82 Å². The van der Waals surface area contributed by atoms with Crippen molar-refractivity contribution in [3.63, 3.8) is 0 Å². The van der Waals surface area contributed by atoms with Gasteiger partial charge in [-0.05, 0) is 65.7 Å². The highest BCUT2D eigenvalue weighted by molar-refractivity contribution is 6.30. The molecule has 9 nitrogen and oxygen atoms in total. The minimum absolute atomic E-state index is 0.0849. The lowest BCUT2D eigenvalue weighted by Gasteiger charge is -2.25. The summed E-state index contributed by atoms with van der Waals surface area (Å²) < 4.78 is 16.4. The maximum Gasteiger partial charge on any atom is 0.323 e. The zero-order chi connectivity index (χ0) is 29.3. The largest absolute Gasteiger partial charge is 0.345 e. The third kappa shape index (κ3) is 5.68. The van der Waals surface area contributed by atoms with Gasteiger partial charge in [0.15, 0.2) is 0 Å². The lowest BCUT2D eigenvalue weighted by atomic mass is 10.00. The number of urea groups is 1. The minimum atomic E-state index is -1.16. The summed E-state index contributed by atoms with van der Waals surface area (Å²) in [6, 6.07) is 18.3. The van der Waals surface area contributed by atoms with E-state index in [1.165, 1.54) is 38.8 Å². The molecule has 0 saturated heterocycles. The topological polar surface area (TPSA) is 104 Å². The zero-order valence-corrected chi connectivity index (χ0v) is 22.9. The number of carbonyl (C=O) groups excluding carboxylic acids is 3. The van der Waals surface area contributed by atoms with Gasteiger partial charge in [-0.25, -0.2) is 9.18 Å². The first-order valence-corrected chi connectivity index (χ1v) is 13.0. The monoisotopic (exact) mass is 573 g/mol. The molecule has 0 spiro atoms. The molecule has 4 amide bonds. The second kappa shape index (κ2) is 11.3. The standard InChI is InChI=1S/C30H25ClFN5O4/c1-35(2)29(40)18-6-7-19-17-37(30(41)33-21-10-8-20(31)9-11-21)27(23(19)15-18)28(39)34-25-13-12-22(16-24(25)32)36-14-4-3-5-26(36)38/h3-16,27H,17H2,1-2H3,(H,33,41)(H,34,39). The van der Waals surface area contributed by atoms with Gasteiger partial charge in [0.1, 0.15) is 11.9 Å². The lowest BCUT2D eigenvalue weighted by molar-refractivity contribution is -0.120. The van der Waals surface area contributed by atoms with Crippen LogP contribution in [0.5, 0.6) is 0 Å². The molecule has 1 atom stereocenters. The van der Waals surface area contributed by atoms with Gasteiger partial charge in [-0.15, -0.1) is 0 Å². The number of fused-ring (bicyclic) bond motifs is 1. The van der Waals surface area contributed by atoms with Crippen LogP contribution in [0.2, 0.25) is 5.02 Å². The Balaban J connectivity index is 1.47. The zero-order valence-electron chi connectivity index (χ0n) is 22.1. The summed E-state index contributed by atoms with van der Waals surface area (Å²) in [5.74, 6) is -1.71. The molecule has 1 unspecified atom stereocenters. The average Bonchev–Trinajstić information content (AvgIpc) is 3.34. The molecule has 0 fully saturated rings. The number of nitrogens with zero attached hydrogens (tertiary/aromatic N) is 3. The van der Waals surface area contributed by atoms with Crippen molar-refractivity contribution in [2.24, 2.45) is 0 Å². The Hall–Kier alpha value is -4.96. The van der Waals surface area contributed by atoms with E-state index >= 15 is 4.39 Å². The Bertz CT molecular complexity index is 1720. The van der Waals surface area contributed by atoms with Crippen molar-refractivity contribution in [1.82, 2.24) is 14.4 Å². The van der Waals surface area contributed by atoms with Crippen LogP contribution in [0.4, 0.5) is 20.6 Å². The van der Waals surface area contributed by atoms with E-state index in [-0.39, 0.29) is 29.4 Å². The fraction of sp³-hybridized carbons (Fsp3) is 0.133. The van der Waals surface area contributed by atoms with Crippen molar-refractivity contribution in [3.05, 3.63) is 123 Å². The molecular weight excluding hydrogens is 549 g/mol. The second-order valence-corrected chi connectivity index (χ2v) is 10.1. The maximum atomic E-state index is 15.2. The Morgan fingerprint density at radius 3 is 2.39 bits per heavy atom. The van der Waals surface area contributed by atoms with Crippen molar-refractivity contribution in [2.45, 2.75) is 12.6 Å². The summed E-state index contributed by atoms with van der Waals surface area (Å²) in [4.78, 5) is 54.6.